The minimum absolute atomic E-state index is 0.0351. The summed E-state index contributed by atoms with van der Waals surface area (Å²) < 4.78 is 41.4. The Morgan fingerprint density at radius 3 is 2.50 bits per heavy atom. The highest BCUT2D eigenvalue weighted by Gasteiger charge is 2.32. The lowest BCUT2D eigenvalue weighted by Gasteiger charge is -2.31. The number of alkyl halides is 3. The van der Waals surface area contributed by atoms with Crippen molar-refractivity contribution in [1.82, 2.24) is 10.2 Å². The first-order valence-corrected chi connectivity index (χ1v) is 9.65. The van der Waals surface area contributed by atoms with Crippen LogP contribution in [0.15, 0.2) is 41.8 Å². The first-order chi connectivity index (χ1) is 13.3. The molecule has 0 unspecified atom stereocenters. The lowest BCUT2D eigenvalue weighted by atomic mass is 9.95. The van der Waals surface area contributed by atoms with E-state index in [0.29, 0.717) is 30.8 Å². The van der Waals surface area contributed by atoms with E-state index in [1.54, 1.807) is 17.0 Å². The van der Waals surface area contributed by atoms with E-state index in [1.165, 1.54) is 29.5 Å². The Kier molecular flexibility index (Phi) is 6.23. The van der Waals surface area contributed by atoms with Crippen molar-refractivity contribution in [1.29, 1.82) is 0 Å². The molecule has 0 bridgehead atoms. The standard InChI is InChI=1S/C19H19F3N2O3S/c20-19(21,22)27-15-5-2-1-4-14(15)12-23-17(25)13-7-9-24(10-8-13)18(26)16-6-3-11-28-16/h1-6,11,13H,7-10,12H2,(H,23,25). The van der Waals surface area contributed by atoms with Gasteiger partial charge in [-0.1, -0.05) is 24.3 Å². The van der Waals surface area contributed by atoms with Gasteiger partial charge in [0.05, 0.1) is 4.88 Å². The number of para-hydroxylation sites is 1. The van der Waals surface area contributed by atoms with Gasteiger partial charge >= 0.3 is 6.36 Å². The monoisotopic (exact) mass is 412 g/mol. The molecule has 0 radical (unpaired) electrons. The topological polar surface area (TPSA) is 58.6 Å². The Balaban J connectivity index is 1.51. The third-order valence-electron chi connectivity index (χ3n) is 4.54. The number of halogens is 3. The number of nitrogens with one attached hydrogen (secondary N) is 1. The van der Waals surface area contributed by atoms with Gasteiger partial charge in [-0.3, -0.25) is 9.59 Å². The zero-order chi connectivity index (χ0) is 20.1. The van der Waals surface area contributed by atoms with Crippen LogP contribution in [0.3, 0.4) is 0 Å². The Morgan fingerprint density at radius 1 is 1.14 bits per heavy atom. The molecule has 0 atom stereocenters. The van der Waals surface area contributed by atoms with Crippen molar-refractivity contribution in [3.8, 4) is 5.75 Å². The van der Waals surface area contributed by atoms with Crippen molar-refractivity contribution in [2.75, 3.05) is 13.1 Å². The number of likely N-dealkylation sites (tertiary alicyclic amines) is 1. The average molecular weight is 412 g/mol. The Hall–Kier alpha value is -2.55. The van der Waals surface area contributed by atoms with Crippen LogP contribution in [0.2, 0.25) is 0 Å². The maximum Gasteiger partial charge on any atom is 0.573 e. The van der Waals surface area contributed by atoms with Gasteiger partial charge in [0.1, 0.15) is 5.75 Å². The molecule has 1 aliphatic rings. The van der Waals surface area contributed by atoms with Gasteiger partial charge in [-0.2, -0.15) is 0 Å². The molecule has 2 heterocycles. The van der Waals surface area contributed by atoms with Crippen LogP contribution < -0.4 is 10.1 Å². The highest BCUT2D eigenvalue weighted by Crippen LogP contribution is 2.26. The number of thiophene rings is 1. The van der Waals surface area contributed by atoms with Gasteiger partial charge in [0.15, 0.2) is 0 Å². The van der Waals surface area contributed by atoms with E-state index in [9.17, 15) is 22.8 Å². The summed E-state index contributed by atoms with van der Waals surface area (Å²) in [7, 11) is 0. The van der Waals surface area contributed by atoms with Crippen LogP contribution in [0.25, 0.3) is 0 Å². The summed E-state index contributed by atoms with van der Waals surface area (Å²) in [5.74, 6) is -0.869. The minimum Gasteiger partial charge on any atom is -0.405 e. The third kappa shape index (κ3) is 5.25. The van der Waals surface area contributed by atoms with E-state index in [0.717, 1.165) is 0 Å². The van der Waals surface area contributed by atoms with E-state index in [4.69, 9.17) is 0 Å². The molecule has 5 nitrogen and oxygen atoms in total. The van der Waals surface area contributed by atoms with Crippen molar-refractivity contribution in [2.24, 2.45) is 5.92 Å². The molecule has 2 amide bonds. The molecule has 3 rings (SSSR count). The Bertz CT molecular complexity index is 816. The molecule has 0 saturated carbocycles. The van der Waals surface area contributed by atoms with Crippen LogP contribution in [0, 0.1) is 5.92 Å². The first kappa shape index (κ1) is 20.2. The average Bonchev–Trinajstić information content (AvgIpc) is 3.20. The lowest BCUT2D eigenvalue weighted by Crippen LogP contribution is -2.42. The normalized spacial score (nSPS) is 15.3. The molecule has 150 valence electrons. The first-order valence-electron chi connectivity index (χ1n) is 8.77. The molecule has 1 saturated heterocycles. The molecule has 28 heavy (non-hydrogen) atoms. The highest BCUT2D eigenvalue weighted by atomic mass is 32.1. The zero-order valence-corrected chi connectivity index (χ0v) is 15.7. The fourth-order valence-corrected chi connectivity index (χ4v) is 3.79. The van der Waals surface area contributed by atoms with Gasteiger partial charge in [-0.05, 0) is 30.4 Å². The molecule has 0 spiro atoms. The van der Waals surface area contributed by atoms with Crippen LogP contribution in [0.1, 0.15) is 28.1 Å². The SMILES string of the molecule is O=C(NCc1ccccc1OC(F)(F)F)C1CCN(C(=O)c2cccs2)CC1. The fraction of sp³-hybridized carbons (Fsp3) is 0.368. The molecule has 1 aromatic heterocycles. The molecular formula is C19H19F3N2O3S. The number of benzene rings is 1. The van der Waals surface area contributed by atoms with Gasteiger partial charge in [0.2, 0.25) is 5.91 Å². The summed E-state index contributed by atoms with van der Waals surface area (Å²) in [5.41, 5.74) is 0.249. The number of ether oxygens (including phenoxy) is 1. The second kappa shape index (κ2) is 8.64. The van der Waals surface area contributed by atoms with E-state index in [2.05, 4.69) is 10.1 Å². The number of hydrogen-bond acceptors (Lipinski definition) is 4. The van der Waals surface area contributed by atoms with Gasteiger partial charge in [0, 0.05) is 31.1 Å². The van der Waals surface area contributed by atoms with Gasteiger partial charge in [0.25, 0.3) is 5.91 Å². The van der Waals surface area contributed by atoms with Crippen LogP contribution >= 0.6 is 11.3 Å². The number of carbonyl (C=O) groups is 2. The molecule has 1 aliphatic heterocycles. The molecular weight excluding hydrogens is 393 g/mol. The number of piperidine rings is 1. The van der Waals surface area contributed by atoms with Crippen molar-refractivity contribution >= 4 is 23.2 Å². The van der Waals surface area contributed by atoms with Crippen LogP contribution in [0.4, 0.5) is 13.2 Å². The molecule has 2 aromatic rings. The van der Waals surface area contributed by atoms with Crippen molar-refractivity contribution in [3.63, 3.8) is 0 Å². The van der Waals surface area contributed by atoms with E-state index in [-0.39, 0.29) is 35.6 Å². The van der Waals surface area contributed by atoms with Gasteiger partial charge in [-0.25, -0.2) is 0 Å². The fourth-order valence-electron chi connectivity index (χ4n) is 3.10. The van der Waals surface area contributed by atoms with E-state index < -0.39 is 6.36 Å². The minimum atomic E-state index is -4.79. The molecule has 0 aliphatic carbocycles. The zero-order valence-electron chi connectivity index (χ0n) is 14.9. The summed E-state index contributed by atoms with van der Waals surface area (Å²) >= 11 is 1.38. The largest absolute Gasteiger partial charge is 0.573 e. The van der Waals surface area contributed by atoms with Crippen molar-refractivity contribution in [3.05, 3.63) is 52.2 Å². The van der Waals surface area contributed by atoms with Crippen LogP contribution in [-0.4, -0.2) is 36.2 Å². The lowest BCUT2D eigenvalue weighted by molar-refractivity contribution is -0.274. The number of carbonyl (C=O) groups excluding carboxylic acids is 2. The second-order valence-electron chi connectivity index (χ2n) is 6.42. The summed E-state index contributed by atoms with van der Waals surface area (Å²) in [5, 5.41) is 4.52. The third-order valence-corrected chi connectivity index (χ3v) is 5.39. The summed E-state index contributed by atoms with van der Waals surface area (Å²) in [4.78, 5) is 27.1. The maximum atomic E-state index is 12.5. The van der Waals surface area contributed by atoms with Gasteiger partial charge < -0.3 is 15.0 Å². The number of hydrogen-bond donors (Lipinski definition) is 1. The molecule has 1 aromatic carbocycles. The quantitative estimate of drug-likeness (QED) is 0.813. The summed E-state index contributed by atoms with van der Waals surface area (Å²) in [6, 6.07) is 9.30. The van der Waals surface area contributed by atoms with Crippen molar-refractivity contribution in [2.45, 2.75) is 25.7 Å². The number of amides is 2. The molecule has 1 fully saturated rings. The Morgan fingerprint density at radius 2 is 1.86 bits per heavy atom. The molecule has 9 heteroatoms. The van der Waals surface area contributed by atoms with Crippen LogP contribution in [-0.2, 0) is 11.3 Å². The number of rotatable bonds is 5. The predicted octanol–water partition coefficient (Wildman–Crippen LogP) is 3.82. The van der Waals surface area contributed by atoms with Gasteiger partial charge in [-0.15, -0.1) is 24.5 Å². The molecule has 1 N–H and O–H groups in total. The smallest absolute Gasteiger partial charge is 0.405 e. The van der Waals surface area contributed by atoms with Crippen molar-refractivity contribution < 1.29 is 27.5 Å². The highest BCUT2D eigenvalue weighted by molar-refractivity contribution is 7.12. The van der Waals surface area contributed by atoms with Crippen LogP contribution in [0.5, 0.6) is 5.75 Å². The Labute approximate surface area is 164 Å². The maximum absolute atomic E-state index is 12.5. The second-order valence-corrected chi connectivity index (χ2v) is 7.36. The summed E-state index contributed by atoms with van der Waals surface area (Å²) in [6.45, 7) is 0.893. The summed E-state index contributed by atoms with van der Waals surface area (Å²) in [6.07, 6.45) is -3.75. The van der Waals surface area contributed by atoms with E-state index >= 15 is 0 Å². The number of nitrogens with zero attached hydrogens (tertiary/aromatic N) is 1. The van der Waals surface area contributed by atoms with E-state index in [1.807, 2.05) is 11.4 Å². The predicted molar refractivity (Wildman–Crippen MR) is 97.9 cm³/mol.